The Morgan fingerprint density at radius 2 is 2.44 bits per heavy atom. The van der Waals surface area contributed by atoms with Gasteiger partial charge < -0.3 is 15.8 Å². The lowest BCUT2D eigenvalue weighted by Gasteiger charge is -2.39. The van der Waals surface area contributed by atoms with Gasteiger partial charge in [-0.1, -0.05) is 19.1 Å². The summed E-state index contributed by atoms with van der Waals surface area (Å²) < 4.78 is 5.32. The van der Waals surface area contributed by atoms with Crippen molar-refractivity contribution in [2.24, 2.45) is 5.73 Å². The lowest BCUT2D eigenvalue weighted by atomic mass is 10.1. The molecule has 0 aliphatic carbocycles. The number of rotatable bonds is 4. The zero-order chi connectivity index (χ0) is 12.1. The quantitative estimate of drug-likeness (QED) is 0.654. The number of nitrogens with one attached hydrogen (secondary N) is 1. The summed E-state index contributed by atoms with van der Waals surface area (Å²) in [5.74, 6) is -0.0469. The standard InChI is InChI=1S/C10H19N3O2S/c1-3-7(9(11)16)13-4-5-15-6-8(13)10(14)12-2/h7-8H,3-6H2,1-2H3,(H2,11,16)(H,12,14). The molecule has 1 saturated heterocycles. The van der Waals surface area contributed by atoms with Crippen LogP contribution >= 0.6 is 12.2 Å². The van der Waals surface area contributed by atoms with Crippen molar-refractivity contribution in [1.82, 2.24) is 10.2 Å². The molecule has 0 bridgehead atoms. The van der Waals surface area contributed by atoms with Gasteiger partial charge in [-0.25, -0.2) is 0 Å². The van der Waals surface area contributed by atoms with Crippen LogP contribution in [0.4, 0.5) is 0 Å². The monoisotopic (exact) mass is 245 g/mol. The van der Waals surface area contributed by atoms with Crippen LogP contribution in [0, 0.1) is 0 Å². The van der Waals surface area contributed by atoms with Crippen LogP contribution < -0.4 is 11.1 Å². The van der Waals surface area contributed by atoms with Crippen molar-refractivity contribution in [3.8, 4) is 0 Å². The Balaban J connectivity index is 2.80. The zero-order valence-corrected chi connectivity index (χ0v) is 10.5. The van der Waals surface area contributed by atoms with Crippen molar-refractivity contribution in [1.29, 1.82) is 0 Å². The molecule has 0 aromatic carbocycles. The predicted molar refractivity (Wildman–Crippen MR) is 66.2 cm³/mol. The predicted octanol–water partition coefficient (Wildman–Crippen LogP) is -0.502. The topological polar surface area (TPSA) is 67.6 Å². The first kappa shape index (κ1) is 13.3. The highest BCUT2D eigenvalue weighted by molar-refractivity contribution is 7.80. The van der Waals surface area contributed by atoms with Gasteiger partial charge in [-0.3, -0.25) is 9.69 Å². The molecular weight excluding hydrogens is 226 g/mol. The summed E-state index contributed by atoms with van der Waals surface area (Å²) in [6, 6.07) is -0.314. The van der Waals surface area contributed by atoms with Crippen molar-refractivity contribution in [3.63, 3.8) is 0 Å². The van der Waals surface area contributed by atoms with E-state index in [-0.39, 0.29) is 18.0 Å². The van der Waals surface area contributed by atoms with E-state index in [0.717, 1.165) is 6.42 Å². The summed E-state index contributed by atoms with van der Waals surface area (Å²) in [5, 5.41) is 2.64. The molecule has 5 nitrogen and oxygen atoms in total. The SMILES string of the molecule is CCC(C(N)=S)N1CCOCC1C(=O)NC. The first-order valence-corrected chi connectivity index (χ1v) is 5.87. The van der Waals surface area contributed by atoms with Gasteiger partial charge in [0.05, 0.1) is 24.2 Å². The molecule has 1 fully saturated rings. The summed E-state index contributed by atoms with van der Waals surface area (Å²) in [4.78, 5) is 14.2. The van der Waals surface area contributed by atoms with Gasteiger partial charge >= 0.3 is 0 Å². The smallest absolute Gasteiger partial charge is 0.239 e. The zero-order valence-electron chi connectivity index (χ0n) is 9.73. The molecule has 0 spiro atoms. The van der Waals surface area contributed by atoms with Crippen molar-refractivity contribution >= 4 is 23.1 Å². The van der Waals surface area contributed by atoms with Crippen LogP contribution in [0.2, 0.25) is 0 Å². The van der Waals surface area contributed by atoms with E-state index in [1.54, 1.807) is 7.05 Å². The molecule has 1 rings (SSSR count). The number of ether oxygens (including phenoxy) is 1. The van der Waals surface area contributed by atoms with Crippen LogP contribution in [-0.2, 0) is 9.53 Å². The van der Waals surface area contributed by atoms with E-state index < -0.39 is 0 Å². The van der Waals surface area contributed by atoms with Gasteiger partial charge in [-0.2, -0.15) is 0 Å². The van der Waals surface area contributed by atoms with Gasteiger partial charge in [0.1, 0.15) is 6.04 Å². The molecule has 92 valence electrons. The molecule has 2 unspecified atom stereocenters. The highest BCUT2D eigenvalue weighted by Crippen LogP contribution is 2.14. The summed E-state index contributed by atoms with van der Waals surface area (Å²) >= 11 is 5.04. The fourth-order valence-electron chi connectivity index (χ4n) is 1.98. The molecule has 1 amide bonds. The van der Waals surface area contributed by atoms with Crippen LogP contribution in [0.25, 0.3) is 0 Å². The number of likely N-dealkylation sites (N-methyl/N-ethyl adjacent to an activating group) is 1. The maximum absolute atomic E-state index is 11.7. The third-order valence-electron chi connectivity index (χ3n) is 2.83. The molecule has 6 heteroatoms. The maximum Gasteiger partial charge on any atom is 0.239 e. The van der Waals surface area contributed by atoms with E-state index in [1.165, 1.54) is 0 Å². The average Bonchev–Trinajstić information content (AvgIpc) is 2.29. The third kappa shape index (κ3) is 2.90. The number of morpholine rings is 1. The summed E-state index contributed by atoms with van der Waals surface area (Å²) in [6.07, 6.45) is 0.808. The first-order chi connectivity index (χ1) is 7.61. The van der Waals surface area contributed by atoms with E-state index in [1.807, 2.05) is 11.8 Å². The Bertz CT molecular complexity index is 273. The largest absolute Gasteiger partial charge is 0.392 e. The summed E-state index contributed by atoms with van der Waals surface area (Å²) in [5.41, 5.74) is 5.70. The van der Waals surface area contributed by atoms with E-state index in [4.69, 9.17) is 22.7 Å². The van der Waals surface area contributed by atoms with Crippen molar-refractivity contribution in [2.75, 3.05) is 26.8 Å². The second-order valence-corrected chi connectivity index (χ2v) is 4.24. The molecule has 0 saturated carbocycles. The molecular formula is C10H19N3O2S. The van der Waals surface area contributed by atoms with Gasteiger partial charge in [-0.15, -0.1) is 0 Å². The minimum absolute atomic E-state index is 0.0267. The van der Waals surface area contributed by atoms with Gasteiger partial charge in [0.15, 0.2) is 0 Å². The molecule has 3 N–H and O–H groups in total. The minimum atomic E-state index is -0.287. The normalized spacial score (nSPS) is 23.8. The molecule has 2 atom stereocenters. The Labute approximate surface area is 101 Å². The first-order valence-electron chi connectivity index (χ1n) is 5.46. The number of carbonyl (C=O) groups is 1. The van der Waals surface area contributed by atoms with E-state index in [0.29, 0.717) is 24.7 Å². The van der Waals surface area contributed by atoms with Crippen molar-refractivity contribution in [2.45, 2.75) is 25.4 Å². The van der Waals surface area contributed by atoms with E-state index in [9.17, 15) is 4.79 Å². The number of thiocarbonyl (C=S) groups is 1. The summed E-state index contributed by atoms with van der Waals surface area (Å²) in [6.45, 7) is 3.72. The van der Waals surface area contributed by atoms with Crippen LogP contribution in [0.5, 0.6) is 0 Å². The molecule has 1 aliphatic rings. The molecule has 0 aromatic heterocycles. The molecule has 1 heterocycles. The number of hydrogen-bond donors (Lipinski definition) is 2. The Morgan fingerprint density at radius 3 is 2.94 bits per heavy atom. The lowest BCUT2D eigenvalue weighted by Crippen LogP contribution is -2.59. The van der Waals surface area contributed by atoms with Crippen molar-refractivity contribution in [3.05, 3.63) is 0 Å². The highest BCUT2D eigenvalue weighted by Gasteiger charge is 2.34. The van der Waals surface area contributed by atoms with Gasteiger partial charge in [0.25, 0.3) is 0 Å². The second-order valence-electron chi connectivity index (χ2n) is 3.77. The van der Waals surface area contributed by atoms with Gasteiger partial charge in [0.2, 0.25) is 5.91 Å². The number of nitrogens with zero attached hydrogens (tertiary/aromatic N) is 1. The van der Waals surface area contributed by atoms with Crippen LogP contribution in [0.15, 0.2) is 0 Å². The average molecular weight is 245 g/mol. The molecule has 16 heavy (non-hydrogen) atoms. The Kier molecular flexibility index (Phi) is 5.11. The third-order valence-corrected chi connectivity index (χ3v) is 3.11. The van der Waals surface area contributed by atoms with Crippen molar-refractivity contribution < 1.29 is 9.53 Å². The second kappa shape index (κ2) is 6.12. The van der Waals surface area contributed by atoms with E-state index in [2.05, 4.69) is 5.32 Å². The number of amides is 1. The minimum Gasteiger partial charge on any atom is -0.392 e. The molecule has 0 aromatic rings. The Morgan fingerprint density at radius 1 is 1.75 bits per heavy atom. The van der Waals surface area contributed by atoms with Crippen LogP contribution in [0.1, 0.15) is 13.3 Å². The molecule has 0 radical (unpaired) electrons. The van der Waals surface area contributed by atoms with Crippen LogP contribution in [-0.4, -0.2) is 54.7 Å². The Hall–Kier alpha value is -0.720. The highest BCUT2D eigenvalue weighted by atomic mass is 32.1. The lowest BCUT2D eigenvalue weighted by molar-refractivity contribution is -0.132. The summed E-state index contributed by atoms with van der Waals surface area (Å²) in [7, 11) is 1.62. The van der Waals surface area contributed by atoms with Gasteiger partial charge in [-0.05, 0) is 6.42 Å². The maximum atomic E-state index is 11.7. The fourth-order valence-corrected chi connectivity index (χ4v) is 2.28. The van der Waals surface area contributed by atoms with E-state index >= 15 is 0 Å². The fraction of sp³-hybridized carbons (Fsp3) is 0.800. The number of nitrogens with two attached hydrogens (primary N) is 1. The molecule has 1 aliphatic heterocycles. The number of hydrogen-bond acceptors (Lipinski definition) is 4. The number of carbonyl (C=O) groups excluding carboxylic acids is 1. The van der Waals surface area contributed by atoms with Gasteiger partial charge in [0, 0.05) is 13.6 Å². The van der Waals surface area contributed by atoms with Crippen LogP contribution in [0.3, 0.4) is 0 Å².